The average Bonchev–Trinajstić information content (AvgIpc) is 2.27. The highest BCUT2D eigenvalue weighted by atomic mass is 32.2. The van der Waals surface area contributed by atoms with Gasteiger partial charge in [0.1, 0.15) is 0 Å². The Labute approximate surface area is 99.0 Å². The summed E-state index contributed by atoms with van der Waals surface area (Å²) in [5, 5.41) is 7.18. The lowest BCUT2D eigenvalue weighted by Gasteiger charge is -2.08. The van der Waals surface area contributed by atoms with Gasteiger partial charge < -0.3 is 5.11 Å². The van der Waals surface area contributed by atoms with Crippen LogP contribution >= 0.6 is 0 Å². The van der Waals surface area contributed by atoms with Gasteiger partial charge in [0.2, 0.25) is 0 Å². The maximum Gasteiger partial charge on any atom is 0.321 e. The van der Waals surface area contributed by atoms with E-state index in [4.69, 9.17) is 5.11 Å². The zero-order valence-corrected chi connectivity index (χ0v) is 10.2. The maximum absolute atomic E-state index is 11.8. The third-order valence-electron chi connectivity index (χ3n) is 2.40. The number of sulfone groups is 1. The van der Waals surface area contributed by atoms with Crippen LogP contribution in [-0.2, 0) is 14.6 Å². The van der Waals surface area contributed by atoms with Gasteiger partial charge in [-0.3, -0.25) is 9.59 Å². The zero-order chi connectivity index (χ0) is 13.2. The monoisotopic (exact) mass is 256 g/mol. The molecule has 0 aliphatic rings. The molecule has 1 atom stereocenters. The van der Waals surface area contributed by atoms with E-state index in [-0.39, 0.29) is 10.7 Å². The molecule has 0 aliphatic carbocycles. The number of rotatable bonds is 4. The smallest absolute Gasteiger partial charge is 0.321 e. The summed E-state index contributed by atoms with van der Waals surface area (Å²) in [6, 6.07) is 5.21. The fraction of sp³-hybridized carbons (Fsp3) is 0.273. The third-order valence-corrected chi connectivity index (χ3v) is 4.46. The number of benzene rings is 1. The van der Waals surface area contributed by atoms with E-state index in [1.165, 1.54) is 31.2 Å². The van der Waals surface area contributed by atoms with Crippen LogP contribution in [-0.4, -0.2) is 30.5 Å². The van der Waals surface area contributed by atoms with E-state index in [0.717, 1.165) is 6.92 Å². The molecule has 0 amide bonds. The van der Waals surface area contributed by atoms with Crippen molar-refractivity contribution in [3.05, 3.63) is 29.8 Å². The van der Waals surface area contributed by atoms with E-state index in [1.54, 1.807) is 0 Å². The second kappa shape index (κ2) is 4.67. The first-order valence-corrected chi connectivity index (χ1v) is 6.39. The van der Waals surface area contributed by atoms with Crippen LogP contribution in [0.5, 0.6) is 0 Å². The van der Waals surface area contributed by atoms with Crippen LogP contribution in [0, 0.1) is 0 Å². The largest absolute Gasteiger partial charge is 0.480 e. The second-order valence-electron chi connectivity index (χ2n) is 3.61. The molecular formula is C11H12O5S. The number of carboxylic acid groups (broad SMARTS) is 1. The maximum atomic E-state index is 11.8. The van der Waals surface area contributed by atoms with Gasteiger partial charge in [-0.2, -0.15) is 0 Å². The number of carbonyl (C=O) groups excluding carboxylic acids is 1. The van der Waals surface area contributed by atoms with Crippen LogP contribution in [0.15, 0.2) is 29.2 Å². The summed E-state index contributed by atoms with van der Waals surface area (Å²) >= 11 is 0. The molecule has 17 heavy (non-hydrogen) atoms. The minimum absolute atomic E-state index is 0.0996. The first-order chi connectivity index (χ1) is 7.76. The summed E-state index contributed by atoms with van der Waals surface area (Å²) in [6.07, 6.45) is 0. The topological polar surface area (TPSA) is 88.5 Å². The van der Waals surface area contributed by atoms with Gasteiger partial charge in [-0.25, -0.2) is 8.42 Å². The summed E-state index contributed by atoms with van der Waals surface area (Å²) in [6.45, 7) is 2.47. The molecule has 0 radical (unpaired) electrons. The quantitative estimate of drug-likeness (QED) is 0.816. The second-order valence-corrected chi connectivity index (χ2v) is 5.87. The van der Waals surface area contributed by atoms with Crippen molar-refractivity contribution in [2.45, 2.75) is 24.0 Å². The van der Waals surface area contributed by atoms with Gasteiger partial charge in [-0.15, -0.1) is 0 Å². The van der Waals surface area contributed by atoms with Gasteiger partial charge in [0, 0.05) is 5.56 Å². The standard InChI is InChI=1S/C11H12O5S/c1-7(12)9-3-5-10(6-4-9)17(15,16)8(2)11(13)14/h3-6,8H,1-2H3,(H,13,14). The van der Waals surface area contributed by atoms with Gasteiger partial charge in [0.25, 0.3) is 0 Å². The molecule has 1 N–H and O–H groups in total. The highest BCUT2D eigenvalue weighted by molar-refractivity contribution is 7.92. The highest BCUT2D eigenvalue weighted by Gasteiger charge is 2.29. The lowest BCUT2D eigenvalue weighted by atomic mass is 10.2. The molecule has 0 saturated heterocycles. The number of hydrogen-bond donors (Lipinski definition) is 1. The van der Waals surface area contributed by atoms with Crippen molar-refractivity contribution in [2.75, 3.05) is 0 Å². The molecule has 1 unspecified atom stereocenters. The molecule has 0 aliphatic heterocycles. The molecule has 0 heterocycles. The number of ketones is 1. The SMILES string of the molecule is CC(=O)c1ccc(S(=O)(=O)C(C)C(=O)O)cc1. The summed E-state index contributed by atoms with van der Waals surface area (Å²) in [5.74, 6) is -1.58. The number of carbonyl (C=O) groups is 2. The Bertz CT molecular complexity index is 542. The Morgan fingerprint density at radius 1 is 1.18 bits per heavy atom. The van der Waals surface area contributed by atoms with Crippen molar-refractivity contribution in [1.82, 2.24) is 0 Å². The molecule has 5 nitrogen and oxygen atoms in total. The van der Waals surface area contributed by atoms with Gasteiger partial charge in [0.15, 0.2) is 20.9 Å². The van der Waals surface area contributed by atoms with Crippen molar-refractivity contribution in [3.63, 3.8) is 0 Å². The number of hydrogen-bond acceptors (Lipinski definition) is 4. The van der Waals surface area contributed by atoms with Crippen LogP contribution in [0.25, 0.3) is 0 Å². The Kier molecular flexibility index (Phi) is 3.67. The Morgan fingerprint density at radius 3 is 2.00 bits per heavy atom. The van der Waals surface area contributed by atoms with Crippen molar-refractivity contribution < 1.29 is 23.1 Å². The van der Waals surface area contributed by atoms with E-state index in [9.17, 15) is 18.0 Å². The summed E-state index contributed by atoms with van der Waals surface area (Å²) in [4.78, 5) is 21.6. The minimum atomic E-state index is -3.89. The number of Topliss-reactive ketones (excluding diaryl/α,β-unsaturated/α-hetero) is 1. The lowest BCUT2D eigenvalue weighted by molar-refractivity contribution is -0.136. The Balaban J connectivity index is 3.17. The molecule has 0 aromatic heterocycles. The summed E-state index contributed by atoms with van der Waals surface area (Å²) in [5.41, 5.74) is 0.381. The summed E-state index contributed by atoms with van der Waals surface area (Å²) in [7, 11) is -3.89. The van der Waals surface area contributed by atoms with Crippen LogP contribution < -0.4 is 0 Å². The summed E-state index contributed by atoms with van der Waals surface area (Å²) < 4.78 is 23.6. The predicted molar refractivity (Wildman–Crippen MR) is 60.7 cm³/mol. The molecule has 0 fully saturated rings. The molecule has 1 aromatic carbocycles. The van der Waals surface area contributed by atoms with Crippen molar-refractivity contribution in [3.8, 4) is 0 Å². The first kappa shape index (κ1) is 13.4. The molecule has 1 aromatic rings. The fourth-order valence-electron chi connectivity index (χ4n) is 1.22. The average molecular weight is 256 g/mol. The van der Waals surface area contributed by atoms with Crippen LogP contribution in [0.2, 0.25) is 0 Å². The fourth-order valence-corrected chi connectivity index (χ4v) is 2.41. The van der Waals surface area contributed by atoms with E-state index in [2.05, 4.69) is 0 Å². The van der Waals surface area contributed by atoms with Gasteiger partial charge >= 0.3 is 5.97 Å². The minimum Gasteiger partial charge on any atom is -0.480 e. The molecular weight excluding hydrogens is 244 g/mol. The van der Waals surface area contributed by atoms with Gasteiger partial charge in [-0.1, -0.05) is 12.1 Å². The van der Waals surface area contributed by atoms with Gasteiger partial charge in [0.05, 0.1) is 4.90 Å². The molecule has 0 spiro atoms. The van der Waals surface area contributed by atoms with Crippen LogP contribution in [0.4, 0.5) is 0 Å². The molecule has 0 saturated carbocycles. The molecule has 6 heteroatoms. The molecule has 92 valence electrons. The van der Waals surface area contributed by atoms with E-state index in [0.29, 0.717) is 5.56 Å². The lowest BCUT2D eigenvalue weighted by Crippen LogP contribution is -2.26. The Morgan fingerprint density at radius 2 is 1.65 bits per heavy atom. The van der Waals surface area contributed by atoms with Crippen LogP contribution in [0.1, 0.15) is 24.2 Å². The van der Waals surface area contributed by atoms with E-state index >= 15 is 0 Å². The Hall–Kier alpha value is -1.69. The number of aliphatic carboxylic acids is 1. The first-order valence-electron chi connectivity index (χ1n) is 4.84. The number of carboxylic acids is 1. The van der Waals surface area contributed by atoms with Crippen LogP contribution in [0.3, 0.4) is 0 Å². The van der Waals surface area contributed by atoms with Crippen molar-refractivity contribution in [1.29, 1.82) is 0 Å². The van der Waals surface area contributed by atoms with Crippen molar-refractivity contribution in [2.24, 2.45) is 0 Å². The van der Waals surface area contributed by atoms with Gasteiger partial charge in [-0.05, 0) is 26.0 Å². The zero-order valence-electron chi connectivity index (χ0n) is 9.38. The van der Waals surface area contributed by atoms with E-state index in [1.807, 2.05) is 0 Å². The third kappa shape index (κ3) is 2.71. The van der Waals surface area contributed by atoms with E-state index < -0.39 is 21.1 Å². The highest BCUT2D eigenvalue weighted by Crippen LogP contribution is 2.17. The molecule has 1 rings (SSSR count). The normalized spacial score (nSPS) is 13.1. The van der Waals surface area contributed by atoms with Crippen molar-refractivity contribution >= 4 is 21.6 Å². The predicted octanol–water partition coefficient (Wildman–Crippen LogP) is 1.14. The molecule has 0 bridgehead atoms.